The van der Waals surface area contributed by atoms with Gasteiger partial charge in [-0.05, 0) is 24.7 Å². The molecule has 0 aliphatic rings. The van der Waals surface area contributed by atoms with Crippen LogP contribution in [0.2, 0.25) is 0 Å². The van der Waals surface area contributed by atoms with Gasteiger partial charge in [0.2, 0.25) is 0 Å². The minimum atomic E-state index is -0.469. The number of aliphatic hydroxyl groups is 1. The Morgan fingerprint density at radius 3 is 3.00 bits per heavy atom. The summed E-state index contributed by atoms with van der Waals surface area (Å²) in [5.41, 5.74) is 0. The number of aliphatic hydroxyl groups excluding tert-OH is 1. The molecule has 0 bridgehead atoms. The maximum Gasteiger partial charge on any atom is 0.120 e. The SMILES string of the molecule is CCNCC(O)COc1cccc(Br)c1. The van der Waals surface area contributed by atoms with Gasteiger partial charge in [-0.15, -0.1) is 0 Å². The standard InChI is InChI=1S/C11H16BrNO2/c1-2-13-7-10(14)8-15-11-5-3-4-9(12)6-11/h3-6,10,13-14H,2,7-8H2,1H3. The molecule has 0 fully saturated rings. The van der Waals surface area contributed by atoms with Crippen molar-refractivity contribution in [2.75, 3.05) is 19.7 Å². The minimum Gasteiger partial charge on any atom is -0.491 e. The van der Waals surface area contributed by atoms with Crippen molar-refractivity contribution in [3.63, 3.8) is 0 Å². The summed E-state index contributed by atoms with van der Waals surface area (Å²) in [7, 11) is 0. The number of ether oxygens (including phenoxy) is 1. The highest BCUT2D eigenvalue weighted by Crippen LogP contribution is 2.17. The van der Waals surface area contributed by atoms with E-state index in [4.69, 9.17) is 4.74 Å². The Morgan fingerprint density at radius 2 is 2.33 bits per heavy atom. The Morgan fingerprint density at radius 1 is 1.53 bits per heavy atom. The minimum absolute atomic E-state index is 0.309. The Kier molecular flexibility index (Phi) is 5.68. The zero-order valence-electron chi connectivity index (χ0n) is 8.74. The van der Waals surface area contributed by atoms with Crippen LogP contribution < -0.4 is 10.1 Å². The maximum atomic E-state index is 9.51. The van der Waals surface area contributed by atoms with Crippen molar-refractivity contribution in [3.8, 4) is 5.75 Å². The van der Waals surface area contributed by atoms with Gasteiger partial charge >= 0.3 is 0 Å². The van der Waals surface area contributed by atoms with Crippen LogP contribution in [0.1, 0.15) is 6.92 Å². The fraction of sp³-hybridized carbons (Fsp3) is 0.455. The Hall–Kier alpha value is -0.580. The fourth-order valence-corrected chi connectivity index (χ4v) is 1.50. The highest BCUT2D eigenvalue weighted by molar-refractivity contribution is 9.10. The van der Waals surface area contributed by atoms with Crippen LogP contribution in [0.25, 0.3) is 0 Å². The average Bonchev–Trinajstić information content (AvgIpc) is 2.23. The molecule has 84 valence electrons. The molecule has 4 heteroatoms. The van der Waals surface area contributed by atoms with Gasteiger partial charge < -0.3 is 15.2 Å². The predicted molar refractivity (Wildman–Crippen MR) is 64.2 cm³/mol. The van der Waals surface area contributed by atoms with Crippen LogP contribution in [-0.2, 0) is 0 Å². The lowest BCUT2D eigenvalue weighted by molar-refractivity contribution is 0.107. The van der Waals surface area contributed by atoms with Crippen LogP contribution in [0.4, 0.5) is 0 Å². The molecule has 2 N–H and O–H groups in total. The van der Waals surface area contributed by atoms with Crippen LogP contribution in [0, 0.1) is 0 Å². The second kappa shape index (κ2) is 6.82. The van der Waals surface area contributed by atoms with E-state index >= 15 is 0 Å². The number of nitrogens with one attached hydrogen (secondary N) is 1. The number of likely N-dealkylation sites (N-methyl/N-ethyl adjacent to an activating group) is 1. The molecule has 15 heavy (non-hydrogen) atoms. The molecule has 0 spiro atoms. The van der Waals surface area contributed by atoms with Crippen molar-refractivity contribution in [1.29, 1.82) is 0 Å². The van der Waals surface area contributed by atoms with E-state index in [1.165, 1.54) is 0 Å². The molecule has 3 nitrogen and oxygen atoms in total. The van der Waals surface area contributed by atoms with Gasteiger partial charge in [-0.2, -0.15) is 0 Å². The van der Waals surface area contributed by atoms with E-state index in [-0.39, 0.29) is 0 Å². The van der Waals surface area contributed by atoms with Gasteiger partial charge in [0.05, 0.1) is 0 Å². The van der Waals surface area contributed by atoms with Gasteiger partial charge in [0.15, 0.2) is 0 Å². The van der Waals surface area contributed by atoms with Gasteiger partial charge in [-0.25, -0.2) is 0 Å². The smallest absolute Gasteiger partial charge is 0.120 e. The molecule has 1 aromatic carbocycles. The summed E-state index contributed by atoms with van der Waals surface area (Å²) in [6.45, 7) is 3.73. The second-order valence-corrected chi connectivity index (χ2v) is 4.15. The van der Waals surface area contributed by atoms with Gasteiger partial charge in [0.1, 0.15) is 18.5 Å². The summed E-state index contributed by atoms with van der Waals surface area (Å²) in [6.07, 6.45) is -0.469. The molecule has 1 rings (SSSR count). The molecule has 1 unspecified atom stereocenters. The predicted octanol–water partition coefficient (Wildman–Crippen LogP) is 1.80. The van der Waals surface area contributed by atoms with E-state index in [2.05, 4.69) is 21.2 Å². The first-order valence-electron chi connectivity index (χ1n) is 4.99. The lowest BCUT2D eigenvalue weighted by Gasteiger charge is -2.12. The van der Waals surface area contributed by atoms with Crippen LogP contribution in [0.15, 0.2) is 28.7 Å². The van der Waals surface area contributed by atoms with Crippen molar-refractivity contribution in [1.82, 2.24) is 5.32 Å². The highest BCUT2D eigenvalue weighted by Gasteiger charge is 2.03. The van der Waals surface area contributed by atoms with Crippen LogP contribution in [0.3, 0.4) is 0 Å². The summed E-state index contributed by atoms with van der Waals surface area (Å²) >= 11 is 3.36. The van der Waals surface area contributed by atoms with Gasteiger partial charge in [0.25, 0.3) is 0 Å². The van der Waals surface area contributed by atoms with E-state index in [0.717, 1.165) is 16.8 Å². The molecule has 1 atom stereocenters. The summed E-state index contributed by atoms with van der Waals surface area (Å²) in [6, 6.07) is 7.57. The molecule has 0 heterocycles. The third-order valence-electron chi connectivity index (χ3n) is 1.87. The molecule has 0 radical (unpaired) electrons. The normalized spacial score (nSPS) is 12.5. The number of hydrogen-bond acceptors (Lipinski definition) is 3. The second-order valence-electron chi connectivity index (χ2n) is 3.23. The van der Waals surface area contributed by atoms with Crippen LogP contribution >= 0.6 is 15.9 Å². The molecule has 0 saturated heterocycles. The first kappa shape index (κ1) is 12.5. The van der Waals surface area contributed by atoms with Crippen LogP contribution in [0.5, 0.6) is 5.75 Å². The van der Waals surface area contributed by atoms with Crippen molar-refractivity contribution < 1.29 is 9.84 Å². The largest absolute Gasteiger partial charge is 0.491 e. The Balaban J connectivity index is 2.30. The fourth-order valence-electron chi connectivity index (χ4n) is 1.12. The first-order valence-corrected chi connectivity index (χ1v) is 5.79. The van der Waals surface area contributed by atoms with E-state index in [0.29, 0.717) is 13.2 Å². The van der Waals surface area contributed by atoms with Crippen LogP contribution in [-0.4, -0.2) is 30.9 Å². The zero-order chi connectivity index (χ0) is 11.1. The lowest BCUT2D eigenvalue weighted by atomic mass is 10.3. The monoisotopic (exact) mass is 273 g/mol. The van der Waals surface area contributed by atoms with E-state index in [9.17, 15) is 5.11 Å². The summed E-state index contributed by atoms with van der Waals surface area (Å²) in [5, 5.41) is 12.6. The molecular weight excluding hydrogens is 258 g/mol. The van der Waals surface area contributed by atoms with Crippen molar-refractivity contribution >= 4 is 15.9 Å². The quantitative estimate of drug-likeness (QED) is 0.831. The summed E-state index contributed by atoms with van der Waals surface area (Å²) in [5.74, 6) is 0.764. The molecular formula is C11H16BrNO2. The number of halogens is 1. The van der Waals surface area contributed by atoms with E-state index in [1.807, 2.05) is 31.2 Å². The van der Waals surface area contributed by atoms with Crippen molar-refractivity contribution in [2.24, 2.45) is 0 Å². The third-order valence-corrected chi connectivity index (χ3v) is 2.36. The highest BCUT2D eigenvalue weighted by atomic mass is 79.9. The maximum absolute atomic E-state index is 9.51. The van der Waals surface area contributed by atoms with Gasteiger partial charge in [-0.3, -0.25) is 0 Å². The molecule has 0 saturated carbocycles. The summed E-state index contributed by atoms with van der Waals surface area (Å²) in [4.78, 5) is 0. The molecule has 0 amide bonds. The van der Waals surface area contributed by atoms with E-state index < -0.39 is 6.10 Å². The molecule has 0 aromatic heterocycles. The first-order chi connectivity index (χ1) is 7.22. The lowest BCUT2D eigenvalue weighted by Crippen LogP contribution is -2.31. The van der Waals surface area contributed by atoms with Crippen molar-refractivity contribution in [2.45, 2.75) is 13.0 Å². The van der Waals surface area contributed by atoms with Gasteiger partial charge in [-0.1, -0.05) is 28.9 Å². The Labute approximate surface area is 98.6 Å². The average molecular weight is 274 g/mol. The van der Waals surface area contributed by atoms with E-state index in [1.54, 1.807) is 0 Å². The molecule has 1 aromatic rings. The zero-order valence-corrected chi connectivity index (χ0v) is 10.3. The number of hydrogen-bond donors (Lipinski definition) is 2. The third kappa shape index (κ3) is 5.16. The number of benzene rings is 1. The Bertz CT molecular complexity index is 294. The molecule has 0 aliphatic heterocycles. The van der Waals surface area contributed by atoms with Gasteiger partial charge in [0, 0.05) is 11.0 Å². The molecule has 0 aliphatic carbocycles. The number of rotatable bonds is 6. The summed E-state index contributed by atoms with van der Waals surface area (Å²) < 4.78 is 6.40. The topological polar surface area (TPSA) is 41.5 Å². The van der Waals surface area contributed by atoms with Crippen molar-refractivity contribution in [3.05, 3.63) is 28.7 Å².